The van der Waals surface area contributed by atoms with E-state index in [0.717, 1.165) is 11.3 Å². The average Bonchev–Trinajstić information content (AvgIpc) is 3.34. The summed E-state index contributed by atoms with van der Waals surface area (Å²) < 4.78 is 0. The number of para-hydroxylation sites is 1. The third-order valence-corrected chi connectivity index (χ3v) is 4.68. The van der Waals surface area contributed by atoms with E-state index < -0.39 is 11.5 Å². The summed E-state index contributed by atoms with van der Waals surface area (Å²) in [6, 6.07) is 12.9. The Morgan fingerprint density at radius 2 is 1.73 bits per heavy atom. The highest BCUT2D eigenvalue weighted by Crippen LogP contribution is 2.54. The molecule has 22 heavy (non-hydrogen) atoms. The maximum atomic E-state index is 12.8. The Balaban J connectivity index is 1.73. The summed E-state index contributed by atoms with van der Waals surface area (Å²) in [5.41, 5.74) is 1.11. The fourth-order valence-corrected chi connectivity index (χ4v) is 3.31. The van der Waals surface area contributed by atoms with Crippen molar-refractivity contribution in [1.82, 2.24) is 4.98 Å². The van der Waals surface area contributed by atoms with Crippen LogP contribution in [0.3, 0.4) is 0 Å². The number of Topliss-reactive ketones (excluding diaryl/α,β-unsaturated/α-hetero) is 1. The van der Waals surface area contributed by atoms with Gasteiger partial charge in [-0.15, -0.1) is 0 Å². The quantitative estimate of drug-likeness (QED) is 0.816. The van der Waals surface area contributed by atoms with Gasteiger partial charge in [0, 0.05) is 24.5 Å². The number of ketones is 1. The topological polar surface area (TPSA) is 50.3 Å². The van der Waals surface area contributed by atoms with Crippen molar-refractivity contribution in [2.45, 2.75) is 25.3 Å². The molecule has 4 nitrogen and oxygen atoms in total. The molecule has 0 N–H and O–H groups in total. The number of hydrogen-bond acceptors (Lipinski definition) is 3. The van der Waals surface area contributed by atoms with Gasteiger partial charge in [-0.25, -0.2) is 0 Å². The lowest BCUT2D eigenvalue weighted by atomic mass is 9.96. The molecule has 0 bridgehead atoms. The Hall–Kier alpha value is -2.49. The van der Waals surface area contributed by atoms with Crippen molar-refractivity contribution in [3.05, 3.63) is 60.4 Å². The second-order valence-electron chi connectivity index (χ2n) is 6.03. The highest BCUT2D eigenvalue weighted by atomic mass is 16.2. The van der Waals surface area contributed by atoms with E-state index in [4.69, 9.17) is 0 Å². The van der Waals surface area contributed by atoms with Gasteiger partial charge in [0.25, 0.3) is 0 Å². The Bertz CT molecular complexity index is 723. The molecule has 2 heterocycles. The van der Waals surface area contributed by atoms with E-state index in [2.05, 4.69) is 4.98 Å². The van der Waals surface area contributed by atoms with Crippen molar-refractivity contribution in [3.8, 4) is 0 Å². The van der Waals surface area contributed by atoms with Crippen molar-refractivity contribution in [3.63, 3.8) is 0 Å². The van der Waals surface area contributed by atoms with Gasteiger partial charge in [0.1, 0.15) is 11.5 Å². The molecule has 4 rings (SSSR count). The molecule has 2 fully saturated rings. The Morgan fingerprint density at radius 1 is 1.05 bits per heavy atom. The molecule has 1 aromatic carbocycles. The van der Waals surface area contributed by atoms with E-state index in [1.54, 1.807) is 17.3 Å². The predicted octanol–water partition coefficient (Wildman–Crippen LogP) is 2.39. The number of anilines is 1. The maximum Gasteiger partial charge on any atom is 0.241 e. The van der Waals surface area contributed by atoms with Gasteiger partial charge in [0.2, 0.25) is 5.91 Å². The van der Waals surface area contributed by atoms with Crippen molar-refractivity contribution in [2.24, 2.45) is 5.41 Å². The first kappa shape index (κ1) is 13.2. The normalized spacial score (nSPS) is 22.4. The van der Waals surface area contributed by atoms with Gasteiger partial charge in [-0.05, 0) is 42.7 Å². The van der Waals surface area contributed by atoms with Crippen LogP contribution in [0.15, 0.2) is 54.9 Å². The first-order valence-corrected chi connectivity index (χ1v) is 7.54. The third kappa shape index (κ3) is 1.87. The highest BCUT2D eigenvalue weighted by molar-refractivity contribution is 6.24. The number of benzene rings is 1. The van der Waals surface area contributed by atoms with E-state index in [1.807, 2.05) is 42.5 Å². The molecule has 2 aliphatic rings. The molecular weight excluding hydrogens is 276 g/mol. The van der Waals surface area contributed by atoms with Crippen molar-refractivity contribution in [1.29, 1.82) is 0 Å². The average molecular weight is 292 g/mol. The SMILES string of the molecule is O=C1C(Cc2ccncc2)N(c2ccccc2)C(=O)C12CC2. The molecule has 1 aliphatic carbocycles. The molecular formula is C18H16N2O2. The molecule has 1 atom stereocenters. The lowest BCUT2D eigenvalue weighted by Crippen LogP contribution is -2.37. The lowest BCUT2D eigenvalue weighted by molar-refractivity contribution is -0.129. The Morgan fingerprint density at radius 3 is 2.36 bits per heavy atom. The molecule has 1 saturated carbocycles. The monoisotopic (exact) mass is 292 g/mol. The molecule has 0 radical (unpaired) electrons. The zero-order valence-corrected chi connectivity index (χ0v) is 12.1. The molecule has 1 saturated heterocycles. The van der Waals surface area contributed by atoms with Crippen LogP contribution >= 0.6 is 0 Å². The summed E-state index contributed by atoms with van der Waals surface area (Å²) in [5, 5.41) is 0. The molecule has 1 unspecified atom stereocenters. The van der Waals surface area contributed by atoms with Gasteiger partial charge < -0.3 is 4.90 Å². The van der Waals surface area contributed by atoms with E-state index in [0.29, 0.717) is 19.3 Å². The van der Waals surface area contributed by atoms with Crippen LogP contribution in [-0.4, -0.2) is 22.7 Å². The number of aromatic nitrogens is 1. The molecule has 110 valence electrons. The molecule has 1 amide bonds. The van der Waals surface area contributed by atoms with Crippen LogP contribution in [0.25, 0.3) is 0 Å². The van der Waals surface area contributed by atoms with Crippen LogP contribution < -0.4 is 4.90 Å². The highest BCUT2D eigenvalue weighted by Gasteiger charge is 2.66. The smallest absolute Gasteiger partial charge is 0.241 e. The number of pyridine rings is 1. The first-order valence-electron chi connectivity index (χ1n) is 7.54. The number of carbonyl (C=O) groups excluding carboxylic acids is 2. The van der Waals surface area contributed by atoms with Gasteiger partial charge >= 0.3 is 0 Å². The summed E-state index contributed by atoms with van der Waals surface area (Å²) in [5.74, 6) is 0.0564. The van der Waals surface area contributed by atoms with E-state index in [-0.39, 0.29) is 11.7 Å². The van der Waals surface area contributed by atoms with Gasteiger partial charge in [-0.3, -0.25) is 14.6 Å². The number of amides is 1. The second-order valence-corrected chi connectivity index (χ2v) is 6.03. The minimum absolute atomic E-state index is 0.0252. The predicted molar refractivity (Wildman–Crippen MR) is 82.3 cm³/mol. The fourth-order valence-electron chi connectivity index (χ4n) is 3.31. The Labute approximate surface area is 128 Å². The fraction of sp³-hybridized carbons (Fsp3) is 0.278. The van der Waals surface area contributed by atoms with Crippen LogP contribution in [0.5, 0.6) is 0 Å². The molecule has 4 heteroatoms. The number of rotatable bonds is 3. The van der Waals surface area contributed by atoms with Gasteiger partial charge in [-0.2, -0.15) is 0 Å². The van der Waals surface area contributed by atoms with E-state index in [9.17, 15) is 9.59 Å². The largest absolute Gasteiger partial charge is 0.301 e. The lowest BCUT2D eigenvalue weighted by Gasteiger charge is -2.23. The maximum absolute atomic E-state index is 12.8. The van der Waals surface area contributed by atoms with Crippen LogP contribution in [0.2, 0.25) is 0 Å². The number of hydrogen-bond donors (Lipinski definition) is 0. The zero-order chi connectivity index (χ0) is 15.2. The molecule has 1 spiro atoms. The molecule has 1 aromatic heterocycles. The first-order chi connectivity index (χ1) is 10.7. The van der Waals surface area contributed by atoms with E-state index >= 15 is 0 Å². The minimum atomic E-state index is -0.729. The van der Waals surface area contributed by atoms with E-state index in [1.165, 1.54) is 0 Å². The van der Waals surface area contributed by atoms with Crippen molar-refractivity contribution in [2.75, 3.05) is 4.90 Å². The van der Waals surface area contributed by atoms with Crippen LogP contribution in [0.4, 0.5) is 5.69 Å². The molecule has 2 aromatic rings. The second kappa shape index (κ2) is 4.77. The summed E-state index contributed by atoms with van der Waals surface area (Å²) in [6.45, 7) is 0. The third-order valence-electron chi connectivity index (χ3n) is 4.68. The summed E-state index contributed by atoms with van der Waals surface area (Å²) in [4.78, 5) is 31.3. The van der Waals surface area contributed by atoms with Gasteiger partial charge in [-0.1, -0.05) is 18.2 Å². The summed E-state index contributed by atoms with van der Waals surface area (Å²) in [7, 11) is 0. The van der Waals surface area contributed by atoms with Crippen molar-refractivity contribution >= 4 is 17.4 Å². The van der Waals surface area contributed by atoms with Gasteiger partial charge in [0.05, 0.1) is 0 Å². The Kier molecular flexibility index (Phi) is 2.86. The van der Waals surface area contributed by atoms with Crippen molar-refractivity contribution < 1.29 is 9.59 Å². The van der Waals surface area contributed by atoms with Crippen LogP contribution in [0.1, 0.15) is 18.4 Å². The zero-order valence-electron chi connectivity index (χ0n) is 12.1. The number of nitrogens with zero attached hydrogens (tertiary/aromatic N) is 2. The summed E-state index contributed by atoms with van der Waals surface area (Å²) >= 11 is 0. The standard InChI is InChI=1S/C18H16N2O2/c21-16-15(12-13-6-10-19-11-7-13)20(14-4-2-1-3-5-14)17(22)18(16)8-9-18/h1-7,10-11,15H,8-9,12H2. The molecule has 1 aliphatic heterocycles. The van der Waals surface area contributed by atoms with Crippen LogP contribution in [0, 0.1) is 5.41 Å². The van der Waals surface area contributed by atoms with Gasteiger partial charge in [0.15, 0.2) is 5.78 Å². The number of carbonyl (C=O) groups is 2. The van der Waals surface area contributed by atoms with Crippen LogP contribution in [-0.2, 0) is 16.0 Å². The minimum Gasteiger partial charge on any atom is -0.301 e. The summed E-state index contributed by atoms with van der Waals surface area (Å²) in [6.07, 6.45) is 5.37.